The quantitative estimate of drug-likeness (QED) is 0.225. The number of halogens is 1. The lowest BCUT2D eigenvalue weighted by Gasteiger charge is -2.29. The van der Waals surface area contributed by atoms with Gasteiger partial charge in [-0.15, -0.1) is 0 Å². The minimum Gasteiger partial charge on any atom is -0.494 e. The summed E-state index contributed by atoms with van der Waals surface area (Å²) in [6, 6.07) is 10.0. The van der Waals surface area contributed by atoms with Gasteiger partial charge in [-0.25, -0.2) is 14.5 Å². The largest absolute Gasteiger partial charge is 0.494 e. The van der Waals surface area contributed by atoms with Crippen molar-refractivity contribution in [3.05, 3.63) is 78.8 Å². The summed E-state index contributed by atoms with van der Waals surface area (Å²) in [4.78, 5) is 26.7. The molecule has 41 heavy (non-hydrogen) atoms. The number of anilines is 4. The zero-order chi connectivity index (χ0) is 28.5. The first-order valence-corrected chi connectivity index (χ1v) is 13.8. The van der Waals surface area contributed by atoms with E-state index in [1.54, 1.807) is 36.2 Å². The Labute approximate surface area is 243 Å². The van der Waals surface area contributed by atoms with E-state index in [-0.39, 0.29) is 5.91 Å². The lowest BCUT2D eigenvalue weighted by molar-refractivity contribution is -0.111. The van der Waals surface area contributed by atoms with Gasteiger partial charge in [0, 0.05) is 49.6 Å². The summed E-state index contributed by atoms with van der Waals surface area (Å²) in [6.07, 6.45) is 10.9. The van der Waals surface area contributed by atoms with E-state index >= 15 is 0 Å². The maximum Gasteiger partial charge on any atom is 0.248 e. The number of nitrogens with one attached hydrogen (secondary N) is 2. The third-order valence-corrected chi connectivity index (χ3v) is 7.95. The Kier molecular flexibility index (Phi) is 7.34. The minimum atomic E-state index is -0.250. The van der Waals surface area contributed by atoms with Crippen LogP contribution in [0, 0.1) is 5.92 Å². The van der Waals surface area contributed by atoms with Crippen molar-refractivity contribution in [2.24, 2.45) is 5.92 Å². The molecule has 210 valence electrons. The van der Waals surface area contributed by atoms with Gasteiger partial charge in [0.15, 0.2) is 0 Å². The highest BCUT2D eigenvalue weighted by Crippen LogP contribution is 2.43. The number of carbonyl (C=O) groups is 1. The van der Waals surface area contributed by atoms with Gasteiger partial charge in [-0.05, 0) is 37.6 Å². The topological polar surface area (TPSA) is 99.9 Å². The number of nitrogens with zero attached hydrogens (tertiary/aromatic N) is 6. The maximum absolute atomic E-state index is 12.8. The molecule has 0 aliphatic carbocycles. The molecule has 11 heteroatoms. The van der Waals surface area contributed by atoms with Gasteiger partial charge in [-0.1, -0.05) is 36.4 Å². The molecule has 0 unspecified atom stereocenters. The van der Waals surface area contributed by atoms with E-state index < -0.39 is 0 Å². The van der Waals surface area contributed by atoms with E-state index in [0.29, 0.717) is 45.7 Å². The molecular formula is C30H31ClN8O2. The molecule has 2 atom stereocenters. The van der Waals surface area contributed by atoms with E-state index in [1.807, 2.05) is 36.5 Å². The molecule has 6 rings (SSSR count). The van der Waals surface area contributed by atoms with Crippen LogP contribution < -0.4 is 20.3 Å². The fraction of sp³-hybridized carbons (Fsp3) is 0.267. The van der Waals surface area contributed by atoms with Crippen LogP contribution in [0.3, 0.4) is 0 Å². The maximum atomic E-state index is 12.8. The van der Waals surface area contributed by atoms with Crippen molar-refractivity contribution < 1.29 is 9.53 Å². The SMILES string of the molecule is C=C/C=C\C(=O)Nc1cc(Nc2ncc(Cl)c(-c3cnn4ccccc34)n2)c(OC)cc1N1CC[C@@H]2CN(C)C[C@@H]21. The standard InChI is InChI=1S/C30H31ClN8O2/c1-4-5-9-28(40)34-22-13-23(27(41-3)14-25(22)38-12-10-19-17-37(2)18-26(19)38)35-30-32-16-21(31)29(36-30)20-15-33-39-11-7-6-8-24(20)39/h4-9,11,13-16,19,26H,1,10,12,17-18H2,2-3H3,(H,34,40)(H,32,35,36)/b9-5-/t19-,26+/m1/s1. The van der Waals surface area contributed by atoms with Crippen LogP contribution in [0.1, 0.15) is 6.42 Å². The van der Waals surface area contributed by atoms with Crippen molar-refractivity contribution in [1.29, 1.82) is 0 Å². The molecule has 4 aromatic rings. The number of likely N-dealkylation sites (tertiary alicyclic amines) is 1. The molecule has 2 aliphatic rings. The zero-order valence-electron chi connectivity index (χ0n) is 22.9. The van der Waals surface area contributed by atoms with Crippen molar-refractivity contribution in [3.8, 4) is 17.0 Å². The molecule has 0 saturated carbocycles. The Morgan fingerprint density at radius 1 is 1.22 bits per heavy atom. The summed E-state index contributed by atoms with van der Waals surface area (Å²) in [5.41, 5.74) is 4.40. The molecule has 0 bridgehead atoms. The Hall–Kier alpha value is -4.41. The van der Waals surface area contributed by atoms with Crippen LogP contribution in [0.15, 0.2) is 73.7 Å². The number of carbonyl (C=O) groups excluding carboxylic acids is 1. The fourth-order valence-electron chi connectivity index (χ4n) is 5.83. The molecule has 2 saturated heterocycles. The molecule has 1 amide bonds. The minimum absolute atomic E-state index is 0.250. The lowest BCUT2D eigenvalue weighted by Crippen LogP contribution is -2.35. The number of hydrogen-bond donors (Lipinski definition) is 2. The second kappa shape index (κ2) is 11.2. The Balaban J connectivity index is 1.38. The molecule has 2 aliphatic heterocycles. The zero-order valence-corrected chi connectivity index (χ0v) is 23.7. The highest BCUT2D eigenvalue weighted by molar-refractivity contribution is 6.33. The first-order chi connectivity index (χ1) is 19.9. The van der Waals surface area contributed by atoms with Crippen molar-refractivity contribution in [2.75, 3.05) is 49.3 Å². The first-order valence-electron chi connectivity index (χ1n) is 13.4. The number of pyridine rings is 1. The van der Waals surface area contributed by atoms with Crippen LogP contribution >= 0.6 is 11.6 Å². The Bertz CT molecular complexity index is 1650. The van der Waals surface area contributed by atoms with Crippen molar-refractivity contribution >= 4 is 46.0 Å². The number of rotatable bonds is 8. The van der Waals surface area contributed by atoms with Crippen LogP contribution in [-0.4, -0.2) is 70.2 Å². The van der Waals surface area contributed by atoms with E-state index in [9.17, 15) is 4.79 Å². The van der Waals surface area contributed by atoms with Crippen molar-refractivity contribution in [1.82, 2.24) is 24.5 Å². The third kappa shape index (κ3) is 5.23. The van der Waals surface area contributed by atoms with Gasteiger partial charge in [0.25, 0.3) is 0 Å². The number of fused-ring (bicyclic) bond motifs is 2. The van der Waals surface area contributed by atoms with Crippen LogP contribution in [-0.2, 0) is 4.79 Å². The molecular weight excluding hydrogens is 540 g/mol. The molecule has 10 nitrogen and oxygen atoms in total. The molecule has 1 aromatic carbocycles. The van der Waals surface area contributed by atoms with Crippen LogP contribution in [0.4, 0.5) is 23.0 Å². The van der Waals surface area contributed by atoms with E-state index in [1.165, 1.54) is 6.08 Å². The van der Waals surface area contributed by atoms with Crippen molar-refractivity contribution in [3.63, 3.8) is 0 Å². The van der Waals surface area contributed by atoms with Gasteiger partial charge in [-0.2, -0.15) is 5.10 Å². The summed E-state index contributed by atoms with van der Waals surface area (Å²) in [7, 11) is 3.78. The Morgan fingerprint density at radius 2 is 2.10 bits per heavy atom. The van der Waals surface area contributed by atoms with Gasteiger partial charge in [0.1, 0.15) is 5.75 Å². The smallest absolute Gasteiger partial charge is 0.248 e. The van der Waals surface area contributed by atoms with Gasteiger partial charge < -0.3 is 25.2 Å². The van der Waals surface area contributed by atoms with E-state index in [2.05, 4.69) is 44.1 Å². The van der Waals surface area contributed by atoms with Crippen LogP contribution in [0.5, 0.6) is 5.75 Å². The number of aromatic nitrogens is 4. The number of hydrogen-bond acceptors (Lipinski definition) is 8. The fourth-order valence-corrected chi connectivity index (χ4v) is 6.02. The van der Waals surface area contributed by atoms with E-state index in [4.69, 9.17) is 21.3 Å². The van der Waals surface area contributed by atoms with Crippen LogP contribution in [0.25, 0.3) is 16.8 Å². The predicted molar refractivity (Wildman–Crippen MR) is 162 cm³/mol. The molecule has 2 N–H and O–H groups in total. The van der Waals surface area contributed by atoms with Gasteiger partial charge in [0.05, 0.1) is 52.8 Å². The summed E-state index contributed by atoms with van der Waals surface area (Å²) in [5.74, 6) is 1.27. The van der Waals surface area contributed by atoms with Gasteiger partial charge in [-0.3, -0.25) is 4.79 Å². The average Bonchev–Trinajstić information content (AvgIpc) is 3.67. The summed E-state index contributed by atoms with van der Waals surface area (Å²) in [5, 5.41) is 11.2. The number of allylic oxidation sites excluding steroid dienone is 2. The van der Waals surface area contributed by atoms with Crippen molar-refractivity contribution in [2.45, 2.75) is 12.5 Å². The van der Waals surface area contributed by atoms with E-state index in [0.717, 1.165) is 42.8 Å². The highest BCUT2D eigenvalue weighted by atomic mass is 35.5. The first kappa shape index (κ1) is 26.8. The third-order valence-electron chi connectivity index (χ3n) is 7.67. The molecule has 0 radical (unpaired) electrons. The summed E-state index contributed by atoms with van der Waals surface area (Å²) < 4.78 is 7.59. The molecule has 5 heterocycles. The summed E-state index contributed by atoms with van der Waals surface area (Å²) >= 11 is 6.54. The second-order valence-electron chi connectivity index (χ2n) is 10.3. The van der Waals surface area contributed by atoms with Gasteiger partial charge in [0.2, 0.25) is 11.9 Å². The number of ether oxygens (including phenoxy) is 1. The molecule has 0 spiro atoms. The monoisotopic (exact) mass is 570 g/mol. The normalized spacial score (nSPS) is 18.7. The highest BCUT2D eigenvalue weighted by Gasteiger charge is 2.41. The summed E-state index contributed by atoms with van der Waals surface area (Å²) in [6.45, 7) is 6.62. The lowest BCUT2D eigenvalue weighted by atomic mass is 10.0. The van der Waals surface area contributed by atoms with Crippen LogP contribution in [0.2, 0.25) is 5.02 Å². The molecule has 2 fully saturated rings. The number of methoxy groups -OCH3 is 1. The number of amides is 1. The number of likely N-dealkylation sites (N-methyl/N-ethyl adjacent to an activating group) is 1. The molecule has 3 aromatic heterocycles. The predicted octanol–water partition coefficient (Wildman–Crippen LogP) is 5.02. The average molecular weight is 571 g/mol. The van der Waals surface area contributed by atoms with Gasteiger partial charge >= 0.3 is 0 Å². The Morgan fingerprint density at radius 3 is 2.93 bits per heavy atom. The number of benzene rings is 1. The second-order valence-corrected chi connectivity index (χ2v) is 10.7.